The monoisotopic (exact) mass is 230 g/mol. The topological polar surface area (TPSA) is 61.4 Å². The molecule has 0 aromatic rings. The van der Waals surface area contributed by atoms with Gasteiger partial charge in [-0.2, -0.15) is 0 Å². The van der Waals surface area contributed by atoms with Gasteiger partial charge in [0.25, 0.3) is 0 Å². The van der Waals surface area contributed by atoms with Gasteiger partial charge in [0.1, 0.15) is 0 Å². The Morgan fingerprint density at radius 1 is 1.19 bits per heavy atom. The van der Waals surface area contributed by atoms with Gasteiger partial charge in [-0.15, -0.1) is 0 Å². The molecule has 16 heavy (non-hydrogen) atoms. The minimum absolute atomic E-state index is 0.0279. The van der Waals surface area contributed by atoms with Crippen molar-refractivity contribution >= 4 is 6.03 Å². The molecule has 4 heteroatoms. The first kappa shape index (κ1) is 15.2. The van der Waals surface area contributed by atoms with E-state index in [9.17, 15) is 4.79 Å². The Kier molecular flexibility index (Phi) is 5.26. The predicted molar refractivity (Wildman–Crippen MR) is 66.4 cm³/mol. The standard InChI is InChI=1S/C12H26N2O2/c1-11(2,3)9(7-8-15)13-10(16)14-12(4,5)6/h9,15H,7-8H2,1-6H3,(H2,13,14,16). The average Bonchev–Trinajstić information content (AvgIpc) is 1.97. The van der Waals surface area contributed by atoms with Gasteiger partial charge in [-0.25, -0.2) is 4.79 Å². The lowest BCUT2D eigenvalue weighted by atomic mass is 9.85. The number of carbonyl (C=O) groups excluding carboxylic acids is 1. The summed E-state index contributed by atoms with van der Waals surface area (Å²) in [4.78, 5) is 11.7. The van der Waals surface area contributed by atoms with Gasteiger partial charge >= 0.3 is 6.03 Å². The first-order valence-electron chi connectivity index (χ1n) is 5.76. The number of nitrogens with one attached hydrogen (secondary N) is 2. The van der Waals surface area contributed by atoms with Crippen molar-refractivity contribution in [2.75, 3.05) is 6.61 Å². The third-order valence-electron chi connectivity index (χ3n) is 2.26. The zero-order valence-corrected chi connectivity index (χ0v) is 11.3. The molecule has 0 aliphatic rings. The van der Waals surface area contributed by atoms with Crippen LogP contribution in [0.5, 0.6) is 0 Å². The van der Waals surface area contributed by atoms with E-state index in [1.165, 1.54) is 0 Å². The highest BCUT2D eigenvalue weighted by Gasteiger charge is 2.26. The minimum Gasteiger partial charge on any atom is -0.396 e. The number of rotatable bonds is 3. The summed E-state index contributed by atoms with van der Waals surface area (Å²) in [6, 6.07) is -0.208. The Balaban J connectivity index is 4.36. The van der Waals surface area contributed by atoms with Crippen molar-refractivity contribution in [2.45, 2.75) is 59.5 Å². The van der Waals surface area contributed by atoms with Crippen LogP contribution < -0.4 is 10.6 Å². The lowest BCUT2D eigenvalue weighted by molar-refractivity contribution is 0.185. The van der Waals surface area contributed by atoms with E-state index in [2.05, 4.69) is 10.6 Å². The maximum atomic E-state index is 11.7. The summed E-state index contributed by atoms with van der Waals surface area (Å²) in [5.41, 5.74) is -0.302. The highest BCUT2D eigenvalue weighted by Crippen LogP contribution is 2.21. The molecule has 0 bridgehead atoms. The van der Waals surface area contributed by atoms with E-state index >= 15 is 0 Å². The molecule has 96 valence electrons. The van der Waals surface area contributed by atoms with E-state index in [1.54, 1.807) is 0 Å². The maximum Gasteiger partial charge on any atom is 0.315 e. The molecule has 4 nitrogen and oxygen atoms in total. The van der Waals surface area contributed by atoms with E-state index < -0.39 is 0 Å². The molecule has 1 atom stereocenters. The second-order valence-electron chi connectivity index (χ2n) is 6.28. The van der Waals surface area contributed by atoms with E-state index in [4.69, 9.17) is 5.11 Å². The molecule has 0 saturated carbocycles. The predicted octanol–water partition coefficient (Wildman–Crippen LogP) is 1.88. The zero-order chi connectivity index (χ0) is 13.0. The molecule has 0 fully saturated rings. The van der Waals surface area contributed by atoms with Crippen molar-refractivity contribution in [2.24, 2.45) is 5.41 Å². The number of aliphatic hydroxyl groups excluding tert-OH is 1. The fourth-order valence-corrected chi connectivity index (χ4v) is 1.39. The SMILES string of the molecule is CC(C)(C)NC(=O)NC(CCO)C(C)(C)C. The molecule has 2 amide bonds. The highest BCUT2D eigenvalue weighted by atomic mass is 16.3. The minimum atomic E-state index is -0.244. The first-order valence-corrected chi connectivity index (χ1v) is 5.76. The lowest BCUT2D eigenvalue weighted by Gasteiger charge is -2.32. The van der Waals surface area contributed by atoms with E-state index in [0.29, 0.717) is 6.42 Å². The van der Waals surface area contributed by atoms with Crippen molar-refractivity contribution in [3.05, 3.63) is 0 Å². The number of aliphatic hydroxyl groups is 1. The molecule has 0 spiro atoms. The Labute approximate surface area is 98.8 Å². The van der Waals surface area contributed by atoms with Crippen LogP contribution in [-0.2, 0) is 0 Å². The molecular formula is C12H26N2O2. The third-order valence-corrected chi connectivity index (χ3v) is 2.26. The van der Waals surface area contributed by atoms with Gasteiger partial charge in [0, 0.05) is 18.2 Å². The van der Waals surface area contributed by atoms with Crippen LogP contribution in [0.4, 0.5) is 4.79 Å². The summed E-state index contributed by atoms with van der Waals surface area (Å²) < 4.78 is 0. The van der Waals surface area contributed by atoms with Crippen LogP contribution in [0.2, 0.25) is 0 Å². The van der Waals surface area contributed by atoms with Crippen LogP contribution in [0.3, 0.4) is 0 Å². The van der Waals surface area contributed by atoms with Gasteiger partial charge in [0.2, 0.25) is 0 Å². The van der Waals surface area contributed by atoms with Gasteiger partial charge in [-0.3, -0.25) is 0 Å². The number of carbonyl (C=O) groups is 1. The molecule has 3 N–H and O–H groups in total. The molecule has 0 radical (unpaired) electrons. The average molecular weight is 230 g/mol. The summed E-state index contributed by atoms with van der Waals surface area (Å²) in [6.45, 7) is 12.0. The molecule has 0 aromatic heterocycles. The molecule has 0 aromatic carbocycles. The summed E-state index contributed by atoms with van der Waals surface area (Å²) in [5.74, 6) is 0. The molecule has 0 rings (SSSR count). The van der Waals surface area contributed by atoms with E-state index in [0.717, 1.165) is 0 Å². The summed E-state index contributed by atoms with van der Waals surface area (Å²) in [6.07, 6.45) is 0.570. The van der Waals surface area contributed by atoms with Crippen LogP contribution in [0.25, 0.3) is 0 Å². The van der Waals surface area contributed by atoms with E-state index in [-0.39, 0.29) is 29.6 Å². The number of hydrogen-bond acceptors (Lipinski definition) is 2. The zero-order valence-electron chi connectivity index (χ0n) is 11.3. The van der Waals surface area contributed by atoms with Gasteiger partial charge in [0.05, 0.1) is 0 Å². The van der Waals surface area contributed by atoms with Gasteiger partial charge in [0.15, 0.2) is 0 Å². The fourth-order valence-electron chi connectivity index (χ4n) is 1.39. The smallest absolute Gasteiger partial charge is 0.315 e. The summed E-state index contributed by atoms with van der Waals surface area (Å²) >= 11 is 0. The van der Waals surface area contributed by atoms with Crippen LogP contribution >= 0.6 is 0 Å². The second kappa shape index (κ2) is 5.53. The Morgan fingerprint density at radius 3 is 2.00 bits per heavy atom. The van der Waals surface area contributed by atoms with Crippen LogP contribution in [-0.4, -0.2) is 29.3 Å². The summed E-state index contributed by atoms with van der Waals surface area (Å²) in [5, 5.41) is 14.7. The van der Waals surface area contributed by atoms with Crippen molar-refractivity contribution in [3.63, 3.8) is 0 Å². The highest BCUT2D eigenvalue weighted by molar-refractivity contribution is 5.75. The fraction of sp³-hybridized carbons (Fsp3) is 0.917. The molecule has 0 aliphatic carbocycles. The van der Waals surface area contributed by atoms with Crippen molar-refractivity contribution < 1.29 is 9.90 Å². The lowest BCUT2D eigenvalue weighted by Crippen LogP contribution is -2.53. The molecule has 0 saturated heterocycles. The molecule has 0 heterocycles. The third kappa shape index (κ3) is 6.67. The maximum absolute atomic E-state index is 11.7. The first-order chi connectivity index (χ1) is 7.06. The van der Waals surface area contributed by atoms with Crippen molar-refractivity contribution in [3.8, 4) is 0 Å². The number of amides is 2. The Morgan fingerprint density at radius 2 is 1.69 bits per heavy atom. The van der Waals surface area contributed by atoms with Gasteiger partial charge in [-0.05, 0) is 32.6 Å². The normalized spacial score (nSPS) is 14.4. The quantitative estimate of drug-likeness (QED) is 0.693. The van der Waals surface area contributed by atoms with E-state index in [1.807, 2.05) is 41.5 Å². The van der Waals surface area contributed by atoms with Crippen molar-refractivity contribution in [1.82, 2.24) is 10.6 Å². The second-order valence-corrected chi connectivity index (χ2v) is 6.28. The van der Waals surface area contributed by atoms with Crippen molar-refractivity contribution in [1.29, 1.82) is 0 Å². The summed E-state index contributed by atoms with van der Waals surface area (Å²) in [7, 11) is 0. The van der Waals surface area contributed by atoms with Gasteiger partial charge in [-0.1, -0.05) is 20.8 Å². The van der Waals surface area contributed by atoms with Crippen LogP contribution in [0.15, 0.2) is 0 Å². The number of urea groups is 1. The Bertz CT molecular complexity index is 226. The molecule has 1 unspecified atom stereocenters. The largest absolute Gasteiger partial charge is 0.396 e. The number of hydrogen-bond donors (Lipinski definition) is 3. The molecular weight excluding hydrogens is 204 g/mol. The van der Waals surface area contributed by atoms with Crippen LogP contribution in [0.1, 0.15) is 48.0 Å². The Hall–Kier alpha value is -0.770. The molecule has 0 aliphatic heterocycles. The van der Waals surface area contributed by atoms with Gasteiger partial charge < -0.3 is 15.7 Å². The van der Waals surface area contributed by atoms with Crippen LogP contribution in [0, 0.1) is 5.41 Å².